The van der Waals surface area contributed by atoms with Crippen LogP contribution in [0.1, 0.15) is 74.6 Å². The third-order valence-corrected chi connectivity index (χ3v) is 7.91. The van der Waals surface area contributed by atoms with Crippen molar-refractivity contribution in [3.63, 3.8) is 0 Å². The molecule has 0 amide bonds. The lowest BCUT2D eigenvalue weighted by Gasteiger charge is -2.61. The molecule has 4 atom stereocenters. The first-order chi connectivity index (χ1) is 14.0. The van der Waals surface area contributed by atoms with E-state index in [1.807, 2.05) is 0 Å². The van der Waals surface area contributed by atoms with Gasteiger partial charge in [-0.3, -0.25) is 9.88 Å². The molecule has 0 aromatic carbocycles. The zero-order valence-corrected chi connectivity index (χ0v) is 17.2. The summed E-state index contributed by atoms with van der Waals surface area (Å²) in [5, 5.41) is 41.6. The van der Waals surface area contributed by atoms with Crippen LogP contribution in [-0.4, -0.2) is 31.2 Å². The number of nitrogens with zero attached hydrogens (tertiary/aromatic N) is 4. The number of aromatic nitrogens is 1. The lowest BCUT2D eigenvalue weighted by atomic mass is 9.57. The van der Waals surface area contributed by atoms with Gasteiger partial charge in [0.25, 0.3) is 0 Å². The molecule has 1 saturated heterocycles. The summed E-state index contributed by atoms with van der Waals surface area (Å²) in [6, 6.07) is 5.34. The molecule has 0 unspecified atom stereocenters. The second-order valence-corrected chi connectivity index (χ2v) is 9.13. The van der Waals surface area contributed by atoms with Gasteiger partial charge in [0.15, 0.2) is 0 Å². The Morgan fingerprint density at radius 3 is 2.21 bits per heavy atom. The van der Waals surface area contributed by atoms with Crippen molar-refractivity contribution >= 4 is 0 Å². The summed E-state index contributed by atoms with van der Waals surface area (Å²) < 4.78 is 0. The number of aromatic hydroxyl groups is 1. The van der Waals surface area contributed by atoms with Crippen molar-refractivity contribution in [1.29, 1.82) is 10.5 Å². The van der Waals surface area contributed by atoms with E-state index in [-0.39, 0.29) is 24.2 Å². The van der Waals surface area contributed by atoms with Crippen LogP contribution >= 0.6 is 0 Å². The molecule has 0 spiro atoms. The number of nitriles is 2. The van der Waals surface area contributed by atoms with Gasteiger partial charge in [-0.15, -0.1) is 0 Å². The number of hydrogen-bond acceptors (Lipinski definition) is 6. The molecule has 2 saturated carbocycles. The molecule has 6 nitrogen and oxygen atoms in total. The first kappa shape index (κ1) is 20.1. The Kier molecular flexibility index (Phi) is 5.27. The SMILES string of the molecule is Cc1ncc(CO)c(CN2[C@@]3(C#N)CCCC[C@@H]3C[C@H]3CCCC[C@@]32C#N)c1O. The van der Waals surface area contributed by atoms with Gasteiger partial charge in [-0.25, -0.2) is 0 Å². The summed E-state index contributed by atoms with van der Waals surface area (Å²) >= 11 is 0. The Balaban J connectivity index is 1.87. The predicted octanol–water partition coefficient (Wildman–Crippen LogP) is 3.70. The highest BCUT2D eigenvalue weighted by Gasteiger charge is 2.61. The molecule has 2 N–H and O–H groups in total. The second kappa shape index (κ2) is 7.59. The molecule has 0 bridgehead atoms. The van der Waals surface area contributed by atoms with Crippen molar-refractivity contribution < 1.29 is 10.2 Å². The van der Waals surface area contributed by atoms with Gasteiger partial charge >= 0.3 is 0 Å². The third-order valence-electron chi connectivity index (χ3n) is 7.91. The molecule has 3 aliphatic rings. The van der Waals surface area contributed by atoms with Crippen LogP contribution in [0.2, 0.25) is 0 Å². The van der Waals surface area contributed by atoms with Crippen LogP contribution in [0.3, 0.4) is 0 Å². The van der Waals surface area contributed by atoms with Gasteiger partial charge in [0, 0.05) is 23.9 Å². The van der Waals surface area contributed by atoms with E-state index in [4.69, 9.17) is 0 Å². The van der Waals surface area contributed by atoms with Crippen LogP contribution in [0.4, 0.5) is 0 Å². The van der Waals surface area contributed by atoms with Gasteiger partial charge in [0.2, 0.25) is 0 Å². The van der Waals surface area contributed by atoms with Crippen molar-refractivity contribution in [2.45, 2.75) is 88.9 Å². The van der Waals surface area contributed by atoms with E-state index in [2.05, 4.69) is 22.0 Å². The van der Waals surface area contributed by atoms with E-state index in [1.165, 1.54) is 0 Å². The Hall–Kier alpha value is -2.15. The minimum absolute atomic E-state index is 0.0722. The smallest absolute Gasteiger partial charge is 0.141 e. The molecule has 1 aromatic heterocycles. The van der Waals surface area contributed by atoms with E-state index >= 15 is 0 Å². The summed E-state index contributed by atoms with van der Waals surface area (Å²) in [7, 11) is 0. The average Bonchev–Trinajstić information content (AvgIpc) is 2.76. The molecule has 154 valence electrons. The van der Waals surface area contributed by atoms with Gasteiger partial charge in [-0.05, 0) is 50.9 Å². The number of fused-ring (bicyclic) bond motifs is 2. The zero-order chi connectivity index (χ0) is 20.6. The number of hydrogen-bond donors (Lipinski definition) is 2. The summed E-state index contributed by atoms with van der Waals surface area (Å²) in [4.78, 5) is 6.34. The monoisotopic (exact) mass is 394 g/mol. The normalized spacial score (nSPS) is 34.5. The minimum Gasteiger partial charge on any atom is -0.506 e. The van der Waals surface area contributed by atoms with Crippen LogP contribution in [0.15, 0.2) is 6.20 Å². The molecule has 2 aliphatic carbocycles. The van der Waals surface area contributed by atoms with Crippen LogP contribution in [0.5, 0.6) is 5.75 Å². The molecular formula is C23H30N4O2. The Morgan fingerprint density at radius 1 is 1.10 bits per heavy atom. The molecule has 2 heterocycles. The highest BCUT2D eigenvalue weighted by Crippen LogP contribution is 2.56. The van der Waals surface area contributed by atoms with Crippen LogP contribution in [-0.2, 0) is 13.2 Å². The molecule has 1 aromatic rings. The number of likely N-dealkylation sites (tertiary alicyclic amines) is 1. The van der Waals surface area contributed by atoms with Gasteiger partial charge in [-0.2, -0.15) is 10.5 Å². The van der Waals surface area contributed by atoms with Crippen molar-refractivity contribution in [2.24, 2.45) is 11.8 Å². The average molecular weight is 395 g/mol. The fraction of sp³-hybridized carbons (Fsp3) is 0.696. The summed E-state index contributed by atoms with van der Waals surface area (Å²) in [5.74, 6) is 0.588. The quantitative estimate of drug-likeness (QED) is 0.810. The van der Waals surface area contributed by atoms with Gasteiger partial charge in [-0.1, -0.05) is 25.7 Å². The number of aliphatic hydroxyl groups is 1. The number of piperidine rings is 1. The largest absolute Gasteiger partial charge is 0.506 e. The third kappa shape index (κ3) is 2.93. The van der Waals surface area contributed by atoms with Crippen molar-refractivity contribution in [1.82, 2.24) is 9.88 Å². The first-order valence-electron chi connectivity index (χ1n) is 10.9. The highest BCUT2D eigenvalue weighted by atomic mass is 16.3. The molecule has 6 heteroatoms. The van der Waals surface area contributed by atoms with E-state index in [0.29, 0.717) is 23.4 Å². The standard InChI is InChI=1S/C23H30N4O2/c1-16-21(29)20(17(13-28)11-26-16)12-27-22(14-24)8-4-2-6-18(22)10-19-7-3-5-9-23(19,27)15-25/h11,18-19,28-29H,2-10,12-13H2,1H3/t18-,19-,22-,23-/m1/s1. The maximum Gasteiger partial charge on any atom is 0.141 e. The molecular weight excluding hydrogens is 364 g/mol. The fourth-order valence-electron chi connectivity index (χ4n) is 6.34. The number of pyridine rings is 1. The Morgan fingerprint density at radius 2 is 1.69 bits per heavy atom. The summed E-state index contributed by atoms with van der Waals surface area (Å²) in [5.41, 5.74) is 0.321. The van der Waals surface area contributed by atoms with Gasteiger partial charge in [0.1, 0.15) is 16.8 Å². The predicted molar refractivity (Wildman–Crippen MR) is 107 cm³/mol. The Labute approximate surface area is 172 Å². The summed E-state index contributed by atoms with van der Waals surface area (Å²) in [6.07, 6.45) is 10.4. The molecule has 0 radical (unpaired) electrons. The lowest BCUT2D eigenvalue weighted by molar-refractivity contribution is -0.117. The molecule has 1 aliphatic heterocycles. The Bertz CT molecular complexity index is 833. The maximum atomic E-state index is 10.8. The zero-order valence-electron chi connectivity index (χ0n) is 17.2. The van der Waals surface area contributed by atoms with Crippen LogP contribution in [0, 0.1) is 41.4 Å². The first-order valence-corrected chi connectivity index (χ1v) is 10.9. The van der Waals surface area contributed by atoms with Crippen molar-refractivity contribution in [2.75, 3.05) is 0 Å². The number of aliphatic hydroxyl groups excluding tert-OH is 1. The van der Waals surface area contributed by atoms with Gasteiger partial charge in [0.05, 0.1) is 24.4 Å². The molecule has 29 heavy (non-hydrogen) atoms. The lowest BCUT2D eigenvalue weighted by Crippen LogP contribution is -2.70. The minimum atomic E-state index is -0.682. The maximum absolute atomic E-state index is 10.8. The molecule has 3 fully saturated rings. The van der Waals surface area contributed by atoms with Gasteiger partial charge < -0.3 is 10.2 Å². The second-order valence-electron chi connectivity index (χ2n) is 9.13. The van der Waals surface area contributed by atoms with E-state index in [1.54, 1.807) is 13.1 Å². The fourth-order valence-corrected chi connectivity index (χ4v) is 6.34. The van der Waals surface area contributed by atoms with E-state index in [9.17, 15) is 20.7 Å². The van der Waals surface area contributed by atoms with Crippen molar-refractivity contribution in [3.05, 3.63) is 23.0 Å². The van der Waals surface area contributed by atoms with Crippen LogP contribution in [0.25, 0.3) is 0 Å². The summed E-state index contributed by atoms with van der Waals surface area (Å²) in [6.45, 7) is 1.82. The number of aryl methyl sites for hydroxylation is 1. The highest BCUT2D eigenvalue weighted by molar-refractivity contribution is 5.42. The van der Waals surface area contributed by atoms with E-state index < -0.39 is 11.1 Å². The topological polar surface area (TPSA) is 104 Å². The number of rotatable bonds is 3. The van der Waals surface area contributed by atoms with Crippen molar-refractivity contribution in [3.8, 4) is 17.9 Å². The van der Waals surface area contributed by atoms with E-state index in [0.717, 1.165) is 57.8 Å². The molecule has 4 rings (SSSR count). The van der Waals surface area contributed by atoms with Crippen LogP contribution < -0.4 is 0 Å².